The van der Waals surface area contributed by atoms with Gasteiger partial charge in [-0.25, -0.2) is 0 Å². The lowest BCUT2D eigenvalue weighted by Gasteiger charge is -2.27. The summed E-state index contributed by atoms with van der Waals surface area (Å²) in [5, 5.41) is 0. The van der Waals surface area contributed by atoms with Gasteiger partial charge in [-0.1, -0.05) is 91.0 Å². The van der Waals surface area contributed by atoms with Crippen molar-refractivity contribution in [1.82, 2.24) is 0 Å². The molecule has 1 N–H and O–H groups in total. The Morgan fingerprint density at radius 3 is 1.74 bits per heavy atom. The number of benzene rings is 3. The molecule has 0 saturated carbocycles. The van der Waals surface area contributed by atoms with Gasteiger partial charge in [-0.15, -0.1) is 0 Å². The molecule has 3 aromatic rings. The minimum absolute atomic E-state index is 0.194. The van der Waals surface area contributed by atoms with Crippen LogP contribution in [0.2, 0.25) is 0 Å². The zero-order valence-corrected chi connectivity index (χ0v) is 18.7. The van der Waals surface area contributed by atoms with E-state index in [1.807, 2.05) is 30.3 Å². The maximum atomic E-state index is 12.6. The molecule has 0 spiro atoms. The lowest BCUT2D eigenvalue weighted by molar-refractivity contribution is -0.922. The van der Waals surface area contributed by atoms with Gasteiger partial charge in [-0.3, -0.25) is 4.79 Å². The van der Waals surface area contributed by atoms with Gasteiger partial charge in [-0.2, -0.15) is 0 Å². The number of hydrogen-bond donors (Lipinski definition) is 1. The van der Waals surface area contributed by atoms with Crippen LogP contribution < -0.4 is 4.90 Å². The maximum Gasteiger partial charge on any atom is 0.216 e. The van der Waals surface area contributed by atoms with Crippen molar-refractivity contribution < 1.29 is 14.2 Å². The van der Waals surface area contributed by atoms with Crippen LogP contribution in [0, 0.1) is 0 Å². The standard InChI is InChI=1S/C28H33N2O/c1-30(2,24-28(31)27-18-10-5-11-19-27)21-13-12-20-29(22-25-14-6-3-7-15-25)23-26-16-8-4-9-17-26/h3-19H,20-24H2,1-2H3/q+1/p+1/b13-12+. The van der Waals surface area contributed by atoms with Crippen LogP contribution in [-0.4, -0.2) is 44.0 Å². The molecule has 31 heavy (non-hydrogen) atoms. The van der Waals surface area contributed by atoms with Crippen LogP contribution in [0.3, 0.4) is 0 Å². The summed E-state index contributed by atoms with van der Waals surface area (Å²) >= 11 is 0. The van der Waals surface area contributed by atoms with Crippen molar-refractivity contribution in [3.8, 4) is 0 Å². The molecule has 0 unspecified atom stereocenters. The van der Waals surface area contributed by atoms with Crippen molar-refractivity contribution in [2.75, 3.05) is 33.7 Å². The highest BCUT2D eigenvalue weighted by atomic mass is 16.1. The first-order valence-electron chi connectivity index (χ1n) is 11.0. The van der Waals surface area contributed by atoms with Crippen molar-refractivity contribution in [1.29, 1.82) is 0 Å². The summed E-state index contributed by atoms with van der Waals surface area (Å²) < 4.78 is 0.650. The molecule has 0 heterocycles. The Kier molecular flexibility index (Phi) is 8.34. The number of ketones is 1. The number of quaternary nitrogens is 2. The Bertz CT molecular complexity index is 909. The second-order valence-electron chi connectivity index (χ2n) is 8.82. The van der Waals surface area contributed by atoms with Crippen LogP contribution in [0.4, 0.5) is 0 Å². The number of Topliss-reactive ketones (excluding diaryl/α,β-unsaturated/α-hetero) is 1. The third-order valence-electron chi connectivity index (χ3n) is 5.43. The lowest BCUT2D eigenvalue weighted by Crippen LogP contribution is -3.09. The second-order valence-corrected chi connectivity index (χ2v) is 8.82. The molecular weight excluding hydrogens is 380 g/mol. The molecule has 160 valence electrons. The first kappa shape index (κ1) is 22.7. The molecule has 0 saturated heterocycles. The number of carbonyl (C=O) groups is 1. The number of hydrogen-bond acceptors (Lipinski definition) is 1. The van der Waals surface area contributed by atoms with Gasteiger partial charge in [0.2, 0.25) is 5.78 Å². The first-order chi connectivity index (χ1) is 15.0. The molecule has 3 rings (SSSR count). The lowest BCUT2D eigenvalue weighted by atomic mass is 10.1. The first-order valence-corrected chi connectivity index (χ1v) is 11.0. The molecular formula is C28H34N2O+2. The molecule has 0 fully saturated rings. The molecule has 0 aromatic heterocycles. The van der Waals surface area contributed by atoms with E-state index in [1.165, 1.54) is 16.0 Å². The fourth-order valence-corrected chi connectivity index (χ4v) is 3.75. The van der Waals surface area contributed by atoms with Crippen LogP contribution >= 0.6 is 0 Å². The van der Waals surface area contributed by atoms with E-state index in [-0.39, 0.29) is 5.78 Å². The Labute approximate surface area is 186 Å². The summed E-state index contributed by atoms with van der Waals surface area (Å²) in [5.41, 5.74) is 3.50. The van der Waals surface area contributed by atoms with Gasteiger partial charge in [0.05, 0.1) is 27.2 Å². The Morgan fingerprint density at radius 1 is 0.742 bits per heavy atom. The van der Waals surface area contributed by atoms with Gasteiger partial charge < -0.3 is 9.38 Å². The van der Waals surface area contributed by atoms with E-state index < -0.39 is 0 Å². The summed E-state index contributed by atoms with van der Waals surface area (Å²) in [4.78, 5) is 14.1. The van der Waals surface area contributed by atoms with E-state index in [0.717, 1.165) is 31.7 Å². The third kappa shape index (κ3) is 7.97. The zero-order valence-electron chi connectivity index (χ0n) is 18.7. The van der Waals surface area contributed by atoms with Gasteiger partial charge in [-0.05, 0) is 12.2 Å². The van der Waals surface area contributed by atoms with Gasteiger partial charge in [0, 0.05) is 16.7 Å². The fourth-order valence-electron chi connectivity index (χ4n) is 3.75. The summed E-state index contributed by atoms with van der Waals surface area (Å²) in [6, 6.07) is 30.9. The summed E-state index contributed by atoms with van der Waals surface area (Å²) in [6.45, 7) is 4.27. The average Bonchev–Trinajstić information content (AvgIpc) is 2.78. The molecule has 0 radical (unpaired) electrons. The Hall–Kier alpha value is -3.01. The van der Waals surface area contributed by atoms with Crippen molar-refractivity contribution in [3.63, 3.8) is 0 Å². The monoisotopic (exact) mass is 414 g/mol. The topological polar surface area (TPSA) is 21.5 Å². The molecule has 0 bridgehead atoms. The molecule has 0 atom stereocenters. The average molecular weight is 415 g/mol. The van der Waals surface area contributed by atoms with E-state index in [0.29, 0.717) is 11.0 Å². The maximum absolute atomic E-state index is 12.6. The molecule has 0 aliphatic heterocycles. The molecule has 3 aromatic carbocycles. The van der Waals surface area contributed by atoms with E-state index in [2.05, 4.69) is 86.9 Å². The summed E-state index contributed by atoms with van der Waals surface area (Å²) in [7, 11) is 4.23. The molecule has 3 heteroatoms. The van der Waals surface area contributed by atoms with E-state index >= 15 is 0 Å². The van der Waals surface area contributed by atoms with Gasteiger partial charge in [0.1, 0.15) is 19.6 Å². The van der Waals surface area contributed by atoms with Crippen LogP contribution in [0.5, 0.6) is 0 Å². The van der Waals surface area contributed by atoms with Crippen molar-refractivity contribution in [2.45, 2.75) is 13.1 Å². The Balaban J connectivity index is 1.57. The predicted octanol–water partition coefficient (Wildman–Crippen LogP) is 3.79. The second kappa shape index (κ2) is 11.4. The highest BCUT2D eigenvalue weighted by Crippen LogP contribution is 2.05. The highest BCUT2D eigenvalue weighted by Gasteiger charge is 2.19. The van der Waals surface area contributed by atoms with Crippen molar-refractivity contribution in [3.05, 3.63) is 120 Å². The quantitative estimate of drug-likeness (QED) is 0.288. The number of nitrogens with zero attached hydrogens (tertiary/aromatic N) is 1. The highest BCUT2D eigenvalue weighted by molar-refractivity contribution is 5.96. The van der Waals surface area contributed by atoms with E-state index in [9.17, 15) is 4.79 Å². The molecule has 0 aliphatic carbocycles. The Morgan fingerprint density at radius 2 is 1.23 bits per heavy atom. The van der Waals surface area contributed by atoms with Crippen LogP contribution in [0.1, 0.15) is 21.5 Å². The van der Waals surface area contributed by atoms with Gasteiger partial charge in [0.15, 0.2) is 0 Å². The normalized spacial score (nSPS) is 11.8. The van der Waals surface area contributed by atoms with Crippen molar-refractivity contribution in [2.24, 2.45) is 0 Å². The van der Waals surface area contributed by atoms with Crippen LogP contribution in [0.15, 0.2) is 103 Å². The van der Waals surface area contributed by atoms with E-state index in [4.69, 9.17) is 0 Å². The minimum Gasteiger partial charge on any atom is -0.324 e. The SMILES string of the molecule is C[N+](C)(C/C=C/C[NH+](Cc1ccccc1)Cc1ccccc1)CC(=O)c1ccccc1. The van der Waals surface area contributed by atoms with Crippen molar-refractivity contribution >= 4 is 5.78 Å². The van der Waals surface area contributed by atoms with Crippen LogP contribution in [0.25, 0.3) is 0 Å². The summed E-state index contributed by atoms with van der Waals surface area (Å²) in [6.07, 6.45) is 4.50. The largest absolute Gasteiger partial charge is 0.324 e. The summed E-state index contributed by atoms with van der Waals surface area (Å²) in [5.74, 6) is 0.194. The van der Waals surface area contributed by atoms with Crippen LogP contribution in [-0.2, 0) is 13.1 Å². The third-order valence-corrected chi connectivity index (χ3v) is 5.43. The minimum atomic E-state index is 0.194. The molecule has 0 amide bonds. The van der Waals surface area contributed by atoms with Gasteiger partial charge >= 0.3 is 0 Å². The predicted molar refractivity (Wildman–Crippen MR) is 128 cm³/mol. The van der Waals surface area contributed by atoms with Gasteiger partial charge in [0.25, 0.3) is 0 Å². The number of carbonyl (C=O) groups excluding carboxylic acids is 1. The van der Waals surface area contributed by atoms with E-state index in [1.54, 1.807) is 0 Å². The number of rotatable bonds is 11. The number of likely N-dealkylation sites (N-methyl/N-ethyl adjacent to an activating group) is 1. The number of nitrogens with one attached hydrogen (secondary N) is 1. The fraction of sp³-hybridized carbons (Fsp3) is 0.250. The smallest absolute Gasteiger partial charge is 0.216 e. The zero-order chi connectivity index (χ0) is 21.9. The molecule has 0 aliphatic rings. The molecule has 3 nitrogen and oxygen atoms in total.